The third-order valence-corrected chi connectivity index (χ3v) is 4.19. The van der Waals surface area contributed by atoms with Gasteiger partial charge in [-0.15, -0.1) is 0 Å². The van der Waals surface area contributed by atoms with E-state index in [2.05, 4.69) is 15.2 Å². The van der Waals surface area contributed by atoms with Crippen molar-refractivity contribution in [2.75, 3.05) is 36.5 Å². The van der Waals surface area contributed by atoms with Crippen LogP contribution >= 0.6 is 23.4 Å². The lowest BCUT2D eigenvalue weighted by atomic mass is 10.3. The first-order chi connectivity index (χ1) is 8.31. The van der Waals surface area contributed by atoms with Crippen LogP contribution in [0.3, 0.4) is 0 Å². The molecule has 1 aliphatic rings. The van der Waals surface area contributed by atoms with E-state index in [1.54, 1.807) is 0 Å². The molecule has 0 radical (unpaired) electrons. The van der Waals surface area contributed by atoms with Crippen molar-refractivity contribution in [3.8, 4) is 0 Å². The molecular weight excluding hydrogens is 254 g/mol. The highest BCUT2D eigenvalue weighted by Gasteiger charge is 2.12. The molecule has 2 rings (SSSR count). The Balaban J connectivity index is 2.16. The molecule has 1 fully saturated rings. The number of halogens is 1. The topological polar surface area (TPSA) is 28.2 Å². The molecule has 1 saturated heterocycles. The second-order valence-electron chi connectivity index (χ2n) is 4.08. The quantitative estimate of drug-likeness (QED) is 0.914. The highest BCUT2D eigenvalue weighted by Crippen LogP contribution is 2.21. The lowest BCUT2D eigenvalue weighted by molar-refractivity contribution is 0.766. The zero-order valence-corrected chi connectivity index (χ0v) is 11.7. The molecule has 1 N–H and O–H groups in total. The Bertz CT molecular complexity index is 365. The summed E-state index contributed by atoms with van der Waals surface area (Å²) in [5.74, 6) is 3.50. The van der Waals surface area contributed by atoms with Crippen LogP contribution in [0.5, 0.6) is 0 Å². The normalized spacial score (nSPS) is 16.9. The fourth-order valence-electron chi connectivity index (χ4n) is 1.92. The molecule has 0 aliphatic carbocycles. The fraction of sp³-hybridized carbons (Fsp3) is 0.583. The SMILES string of the molecule is CNCc1nc(N2CCCSCC2)ccc1Cl. The summed E-state index contributed by atoms with van der Waals surface area (Å²) >= 11 is 8.14. The van der Waals surface area contributed by atoms with E-state index in [1.807, 2.05) is 30.9 Å². The van der Waals surface area contributed by atoms with Gasteiger partial charge in [0.1, 0.15) is 5.82 Å². The molecule has 2 heterocycles. The summed E-state index contributed by atoms with van der Waals surface area (Å²) in [7, 11) is 1.91. The summed E-state index contributed by atoms with van der Waals surface area (Å²) in [4.78, 5) is 7.01. The first kappa shape index (κ1) is 13.0. The van der Waals surface area contributed by atoms with Crippen LogP contribution in [-0.4, -0.2) is 36.6 Å². The molecule has 1 aromatic heterocycles. The van der Waals surface area contributed by atoms with Crippen LogP contribution in [0.2, 0.25) is 5.02 Å². The van der Waals surface area contributed by atoms with E-state index >= 15 is 0 Å². The standard InChI is InChI=1S/C12H18ClN3S/c1-14-9-11-10(13)3-4-12(15-11)16-5-2-7-17-8-6-16/h3-4,14H,2,5-9H2,1H3. The smallest absolute Gasteiger partial charge is 0.128 e. The van der Waals surface area contributed by atoms with Gasteiger partial charge in [0.25, 0.3) is 0 Å². The van der Waals surface area contributed by atoms with Gasteiger partial charge in [-0.2, -0.15) is 11.8 Å². The molecule has 0 amide bonds. The van der Waals surface area contributed by atoms with Crippen molar-refractivity contribution in [2.24, 2.45) is 0 Å². The van der Waals surface area contributed by atoms with Crippen LogP contribution in [0.25, 0.3) is 0 Å². The average Bonchev–Trinajstić information content (AvgIpc) is 2.61. The molecule has 0 spiro atoms. The van der Waals surface area contributed by atoms with Crippen LogP contribution in [0.1, 0.15) is 12.1 Å². The Morgan fingerprint density at radius 3 is 3.12 bits per heavy atom. The number of hydrogen-bond acceptors (Lipinski definition) is 4. The van der Waals surface area contributed by atoms with E-state index in [4.69, 9.17) is 11.6 Å². The zero-order valence-electron chi connectivity index (χ0n) is 10.1. The molecule has 17 heavy (non-hydrogen) atoms. The Morgan fingerprint density at radius 1 is 1.41 bits per heavy atom. The number of pyridine rings is 1. The van der Waals surface area contributed by atoms with Crippen LogP contribution in [0, 0.1) is 0 Å². The summed E-state index contributed by atoms with van der Waals surface area (Å²) < 4.78 is 0. The van der Waals surface area contributed by atoms with Crippen molar-refractivity contribution < 1.29 is 0 Å². The first-order valence-electron chi connectivity index (χ1n) is 5.94. The summed E-state index contributed by atoms with van der Waals surface area (Å²) in [5, 5.41) is 3.84. The summed E-state index contributed by atoms with van der Waals surface area (Å²) in [5.41, 5.74) is 0.934. The van der Waals surface area contributed by atoms with E-state index < -0.39 is 0 Å². The van der Waals surface area contributed by atoms with Gasteiger partial charge in [-0.05, 0) is 31.4 Å². The maximum Gasteiger partial charge on any atom is 0.128 e. The van der Waals surface area contributed by atoms with Gasteiger partial charge in [-0.25, -0.2) is 4.98 Å². The largest absolute Gasteiger partial charge is 0.356 e. The van der Waals surface area contributed by atoms with E-state index in [-0.39, 0.29) is 0 Å². The maximum absolute atomic E-state index is 6.12. The minimum Gasteiger partial charge on any atom is -0.356 e. The number of nitrogens with zero attached hydrogens (tertiary/aromatic N) is 2. The number of hydrogen-bond donors (Lipinski definition) is 1. The van der Waals surface area contributed by atoms with Gasteiger partial charge in [0, 0.05) is 25.4 Å². The lowest BCUT2D eigenvalue weighted by Gasteiger charge is -2.21. The first-order valence-corrected chi connectivity index (χ1v) is 7.47. The van der Waals surface area contributed by atoms with Gasteiger partial charge in [0.05, 0.1) is 10.7 Å². The molecule has 0 atom stereocenters. The van der Waals surface area contributed by atoms with Crippen molar-refractivity contribution in [2.45, 2.75) is 13.0 Å². The zero-order chi connectivity index (χ0) is 12.1. The van der Waals surface area contributed by atoms with E-state index in [0.717, 1.165) is 36.2 Å². The minimum absolute atomic E-state index is 0.718. The van der Waals surface area contributed by atoms with E-state index in [1.165, 1.54) is 17.9 Å². The molecule has 0 aromatic carbocycles. The molecule has 0 unspecified atom stereocenters. The maximum atomic E-state index is 6.12. The Labute approximate surface area is 112 Å². The monoisotopic (exact) mass is 271 g/mol. The summed E-state index contributed by atoms with van der Waals surface area (Å²) in [6.45, 7) is 2.90. The number of anilines is 1. The summed E-state index contributed by atoms with van der Waals surface area (Å²) in [6, 6.07) is 3.98. The predicted octanol–water partition coefficient (Wildman–Crippen LogP) is 2.40. The molecular formula is C12H18ClN3S. The number of nitrogens with one attached hydrogen (secondary N) is 1. The van der Waals surface area contributed by atoms with Gasteiger partial charge >= 0.3 is 0 Å². The van der Waals surface area contributed by atoms with Gasteiger partial charge in [0.2, 0.25) is 0 Å². The van der Waals surface area contributed by atoms with Crippen LogP contribution in [-0.2, 0) is 6.54 Å². The van der Waals surface area contributed by atoms with Gasteiger partial charge in [-0.1, -0.05) is 11.6 Å². The minimum atomic E-state index is 0.718. The van der Waals surface area contributed by atoms with Crippen molar-refractivity contribution >= 4 is 29.2 Å². The highest BCUT2D eigenvalue weighted by atomic mass is 35.5. The Kier molecular flexibility index (Phi) is 4.95. The average molecular weight is 272 g/mol. The fourth-order valence-corrected chi connectivity index (χ4v) is 2.97. The lowest BCUT2D eigenvalue weighted by Crippen LogP contribution is -2.26. The third-order valence-electron chi connectivity index (χ3n) is 2.79. The molecule has 0 bridgehead atoms. The van der Waals surface area contributed by atoms with Gasteiger partial charge in [-0.3, -0.25) is 0 Å². The second-order valence-corrected chi connectivity index (χ2v) is 5.71. The van der Waals surface area contributed by atoms with E-state index in [0.29, 0.717) is 0 Å². The molecule has 1 aliphatic heterocycles. The number of rotatable bonds is 3. The Hall–Kier alpha value is -0.450. The van der Waals surface area contributed by atoms with Crippen molar-refractivity contribution in [1.82, 2.24) is 10.3 Å². The predicted molar refractivity (Wildman–Crippen MR) is 76.2 cm³/mol. The number of thioether (sulfide) groups is 1. The molecule has 94 valence electrons. The second kappa shape index (κ2) is 6.47. The third kappa shape index (κ3) is 3.50. The Morgan fingerprint density at radius 2 is 2.29 bits per heavy atom. The van der Waals surface area contributed by atoms with Crippen LogP contribution < -0.4 is 10.2 Å². The van der Waals surface area contributed by atoms with Crippen LogP contribution in [0.15, 0.2) is 12.1 Å². The molecule has 1 aromatic rings. The summed E-state index contributed by atoms with van der Waals surface area (Å²) in [6.07, 6.45) is 1.23. The van der Waals surface area contributed by atoms with Crippen LogP contribution in [0.4, 0.5) is 5.82 Å². The molecule has 5 heteroatoms. The highest BCUT2D eigenvalue weighted by molar-refractivity contribution is 7.99. The molecule has 0 saturated carbocycles. The van der Waals surface area contributed by atoms with E-state index in [9.17, 15) is 0 Å². The van der Waals surface area contributed by atoms with Gasteiger partial charge in [0.15, 0.2) is 0 Å². The van der Waals surface area contributed by atoms with Crippen molar-refractivity contribution in [3.63, 3.8) is 0 Å². The molecule has 3 nitrogen and oxygen atoms in total. The number of aromatic nitrogens is 1. The van der Waals surface area contributed by atoms with Crippen molar-refractivity contribution in [3.05, 3.63) is 22.8 Å². The van der Waals surface area contributed by atoms with Crippen molar-refractivity contribution in [1.29, 1.82) is 0 Å². The van der Waals surface area contributed by atoms with Gasteiger partial charge < -0.3 is 10.2 Å².